The van der Waals surface area contributed by atoms with Gasteiger partial charge in [0.25, 0.3) is 0 Å². The highest BCUT2D eigenvalue weighted by Crippen LogP contribution is 2.32. The molecule has 3 rings (SSSR count). The maximum Gasteiger partial charge on any atom is 0.188 e. The largest absolute Gasteiger partial charge is 0.493 e. The van der Waals surface area contributed by atoms with Crippen molar-refractivity contribution in [3.63, 3.8) is 0 Å². The van der Waals surface area contributed by atoms with E-state index >= 15 is 0 Å². The first-order chi connectivity index (χ1) is 13.2. The predicted octanol–water partition coefficient (Wildman–Crippen LogP) is 3.06. The zero-order chi connectivity index (χ0) is 18.9. The van der Waals surface area contributed by atoms with Gasteiger partial charge >= 0.3 is 0 Å². The number of methoxy groups -OCH3 is 1. The number of hydrogen-bond acceptors (Lipinski definition) is 4. The first-order valence-electron chi connectivity index (χ1n) is 9.52. The molecule has 1 aliphatic carbocycles. The molecule has 6 heteroatoms. The fourth-order valence-electron chi connectivity index (χ4n) is 3.19. The molecular weight excluding hydrogens is 340 g/mol. The number of nitrogens with two attached hydrogens (primary N) is 1. The second-order valence-electron chi connectivity index (χ2n) is 6.71. The van der Waals surface area contributed by atoms with E-state index in [0.717, 1.165) is 42.0 Å². The zero-order valence-electron chi connectivity index (χ0n) is 15.9. The van der Waals surface area contributed by atoms with Crippen LogP contribution in [0.2, 0.25) is 0 Å². The zero-order valence-corrected chi connectivity index (χ0v) is 15.9. The van der Waals surface area contributed by atoms with Gasteiger partial charge < -0.3 is 20.5 Å². The fourth-order valence-corrected chi connectivity index (χ4v) is 3.19. The third-order valence-corrected chi connectivity index (χ3v) is 4.67. The SMILES string of the molecule is COc1ccc(CN=C(N)NCCc2ccccn2)cc1OC1CCCC1. The average Bonchev–Trinajstić information content (AvgIpc) is 3.20. The molecule has 0 saturated heterocycles. The number of benzene rings is 1. The number of ether oxygens (including phenoxy) is 2. The standard InChI is InChI=1S/C21H28N4O2/c1-26-19-10-9-16(14-20(19)27-18-7-2-3-8-18)15-25-21(22)24-13-11-17-6-4-5-12-23-17/h4-6,9-10,12,14,18H,2-3,7-8,11,13,15H2,1H3,(H3,22,24,25). The smallest absolute Gasteiger partial charge is 0.188 e. The molecule has 0 atom stereocenters. The third-order valence-electron chi connectivity index (χ3n) is 4.67. The monoisotopic (exact) mass is 368 g/mol. The number of guanidine groups is 1. The lowest BCUT2D eigenvalue weighted by Crippen LogP contribution is -2.33. The van der Waals surface area contributed by atoms with Gasteiger partial charge in [-0.15, -0.1) is 0 Å². The molecule has 144 valence electrons. The second kappa shape index (κ2) is 9.80. The summed E-state index contributed by atoms with van der Waals surface area (Å²) in [4.78, 5) is 8.71. The molecule has 1 aromatic carbocycles. The van der Waals surface area contributed by atoms with E-state index in [-0.39, 0.29) is 6.10 Å². The molecule has 1 heterocycles. The summed E-state index contributed by atoms with van der Waals surface area (Å²) in [6.45, 7) is 1.19. The van der Waals surface area contributed by atoms with Gasteiger partial charge in [0, 0.05) is 24.9 Å². The van der Waals surface area contributed by atoms with Gasteiger partial charge in [0.2, 0.25) is 0 Å². The van der Waals surface area contributed by atoms with E-state index in [1.165, 1.54) is 12.8 Å². The molecule has 27 heavy (non-hydrogen) atoms. The molecule has 0 spiro atoms. The summed E-state index contributed by atoms with van der Waals surface area (Å²) in [6.07, 6.45) is 7.57. The Morgan fingerprint density at radius 2 is 2.07 bits per heavy atom. The van der Waals surface area contributed by atoms with Gasteiger partial charge in [0.05, 0.1) is 19.8 Å². The molecule has 0 amide bonds. The Morgan fingerprint density at radius 3 is 2.81 bits per heavy atom. The highest BCUT2D eigenvalue weighted by atomic mass is 16.5. The summed E-state index contributed by atoms with van der Waals surface area (Å²) < 4.78 is 11.6. The number of aromatic nitrogens is 1. The number of pyridine rings is 1. The quantitative estimate of drug-likeness (QED) is 0.553. The van der Waals surface area contributed by atoms with Crippen LogP contribution in [0.3, 0.4) is 0 Å². The van der Waals surface area contributed by atoms with Crippen LogP contribution in [0.4, 0.5) is 0 Å². The van der Waals surface area contributed by atoms with Gasteiger partial charge in [-0.3, -0.25) is 4.98 Å². The van der Waals surface area contributed by atoms with Crippen LogP contribution in [0, 0.1) is 0 Å². The Bertz CT molecular complexity index is 743. The van der Waals surface area contributed by atoms with E-state index in [9.17, 15) is 0 Å². The maximum atomic E-state index is 6.13. The summed E-state index contributed by atoms with van der Waals surface area (Å²) in [5.41, 5.74) is 8.04. The minimum atomic E-state index is 0.288. The first kappa shape index (κ1) is 19.0. The highest BCUT2D eigenvalue weighted by molar-refractivity contribution is 5.77. The number of rotatable bonds is 8. The Balaban J connectivity index is 1.53. The maximum absolute atomic E-state index is 6.13. The minimum absolute atomic E-state index is 0.288. The van der Waals surface area contributed by atoms with Crippen molar-refractivity contribution in [3.05, 3.63) is 53.9 Å². The third kappa shape index (κ3) is 5.88. The molecule has 1 saturated carbocycles. The Hall–Kier alpha value is -2.76. The Labute approximate surface area is 160 Å². The summed E-state index contributed by atoms with van der Waals surface area (Å²) >= 11 is 0. The van der Waals surface area contributed by atoms with Crippen LogP contribution < -0.4 is 20.5 Å². The molecule has 6 nitrogen and oxygen atoms in total. The molecule has 3 N–H and O–H groups in total. The van der Waals surface area contributed by atoms with E-state index in [1.54, 1.807) is 13.3 Å². The van der Waals surface area contributed by atoms with Crippen LogP contribution in [-0.4, -0.2) is 30.7 Å². The van der Waals surface area contributed by atoms with Crippen LogP contribution in [0.15, 0.2) is 47.6 Å². The first-order valence-corrected chi connectivity index (χ1v) is 9.52. The van der Waals surface area contributed by atoms with Crippen molar-refractivity contribution < 1.29 is 9.47 Å². The number of aliphatic imine (C=N–C) groups is 1. The van der Waals surface area contributed by atoms with Gasteiger partial charge in [0.15, 0.2) is 17.5 Å². The van der Waals surface area contributed by atoms with E-state index in [4.69, 9.17) is 15.2 Å². The van der Waals surface area contributed by atoms with Crippen molar-refractivity contribution in [2.75, 3.05) is 13.7 Å². The van der Waals surface area contributed by atoms with E-state index in [1.807, 2.05) is 36.4 Å². The fraction of sp³-hybridized carbons (Fsp3) is 0.429. The van der Waals surface area contributed by atoms with Gasteiger partial charge in [0.1, 0.15) is 0 Å². The molecule has 0 radical (unpaired) electrons. The molecule has 1 aromatic heterocycles. The van der Waals surface area contributed by atoms with E-state index in [2.05, 4.69) is 15.3 Å². The summed E-state index contributed by atoms with van der Waals surface area (Å²) in [7, 11) is 1.66. The molecular formula is C21H28N4O2. The summed E-state index contributed by atoms with van der Waals surface area (Å²) in [5, 5.41) is 3.13. The van der Waals surface area contributed by atoms with Gasteiger partial charge in [-0.25, -0.2) is 4.99 Å². The normalized spacial score (nSPS) is 14.9. The molecule has 1 fully saturated rings. The molecule has 2 aromatic rings. The van der Waals surface area contributed by atoms with E-state index < -0.39 is 0 Å². The topological polar surface area (TPSA) is 81.8 Å². The van der Waals surface area contributed by atoms with Crippen molar-refractivity contribution in [2.24, 2.45) is 10.7 Å². The number of hydrogen-bond donors (Lipinski definition) is 2. The van der Waals surface area contributed by atoms with Crippen molar-refractivity contribution >= 4 is 5.96 Å². The Morgan fingerprint density at radius 1 is 1.22 bits per heavy atom. The molecule has 1 aliphatic rings. The van der Waals surface area contributed by atoms with Crippen molar-refractivity contribution in [3.8, 4) is 11.5 Å². The van der Waals surface area contributed by atoms with Gasteiger partial charge in [-0.05, 0) is 55.5 Å². The lowest BCUT2D eigenvalue weighted by atomic mass is 10.2. The van der Waals surface area contributed by atoms with Crippen LogP contribution >= 0.6 is 0 Å². The van der Waals surface area contributed by atoms with Crippen LogP contribution in [0.5, 0.6) is 11.5 Å². The minimum Gasteiger partial charge on any atom is -0.493 e. The van der Waals surface area contributed by atoms with Crippen molar-refractivity contribution in [1.82, 2.24) is 10.3 Å². The molecule has 0 aliphatic heterocycles. The predicted molar refractivity (Wildman–Crippen MR) is 107 cm³/mol. The molecule has 0 unspecified atom stereocenters. The van der Waals surface area contributed by atoms with E-state index in [0.29, 0.717) is 19.0 Å². The highest BCUT2D eigenvalue weighted by Gasteiger charge is 2.18. The lowest BCUT2D eigenvalue weighted by Gasteiger charge is -2.16. The van der Waals surface area contributed by atoms with Gasteiger partial charge in [-0.1, -0.05) is 12.1 Å². The summed E-state index contributed by atoms with van der Waals surface area (Å²) in [5.74, 6) is 1.98. The second-order valence-corrected chi connectivity index (χ2v) is 6.71. The van der Waals surface area contributed by atoms with Crippen LogP contribution in [-0.2, 0) is 13.0 Å². The van der Waals surface area contributed by atoms with Crippen LogP contribution in [0.1, 0.15) is 36.9 Å². The molecule has 0 bridgehead atoms. The Kier molecular flexibility index (Phi) is 6.90. The summed E-state index contributed by atoms with van der Waals surface area (Å²) in [6, 6.07) is 11.8. The number of nitrogens with zero attached hydrogens (tertiary/aromatic N) is 2. The average molecular weight is 368 g/mol. The van der Waals surface area contributed by atoms with Gasteiger partial charge in [-0.2, -0.15) is 0 Å². The number of nitrogens with one attached hydrogen (secondary N) is 1. The lowest BCUT2D eigenvalue weighted by molar-refractivity contribution is 0.200. The van der Waals surface area contributed by atoms with Crippen LogP contribution in [0.25, 0.3) is 0 Å². The van der Waals surface area contributed by atoms with Crippen molar-refractivity contribution in [2.45, 2.75) is 44.8 Å². The van der Waals surface area contributed by atoms with Crippen molar-refractivity contribution in [1.29, 1.82) is 0 Å².